The summed E-state index contributed by atoms with van der Waals surface area (Å²) in [5.41, 5.74) is 0.643. The van der Waals surface area contributed by atoms with Gasteiger partial charge < -0.3 is 13.9 Å². The molecule has 4 heterocycles. The maximum Gasteiger partial charge on any atom is 0.322 e. The van der Waals surface area contributed by atoms with Crippen LogP contribution in [0.25, 0.3) is 11.5 Å². The Bertz CT molecular complexity index is 1200. The number of hydrogen-bond donors (Lipinski definition) is 1. The number of fused-ring (bicyclic) bond motifs is 1. The lowest BCUT2D eigenvalue weighted by Gasteiger charge is -2.29. The van der Waals surface area contributed by atoms with Crippen LogP contribution in [0.1, 0.15) is 12.8 Å². The Labute approximate surface area is 181 Å². The number of nitrogens with zero attached hydrogens (tertiary/aromatic N) is 3. The third-order valence-corrected chi connectivity index (χ3v) is 8.46. The molecular weight excluding hydrogens is 444 g/mol. The first kappa shape index (κ1) is 20.0. The number of amides is 1. The van der Waals surface area contributed by atoms with Crippen molar-refractivity contribution in [2.75, 3.05) is 25.2 Å². The molecule has 1 fully saturated rings. The van der Waals surface area contributed by atoms with Gasteiger partial charge in [0.2, 0.25) is 18.6 Å². The van der Waals surface area contributed by atoms with E-state index in [0.717, 1.165) is 0 Å². The van der Waals surface area contributed by atoms with Gasteiger partial charge in [0.15, 0.2) is 11.5 Å². The molecule has 162 valence electrons. The van der Waals surface area contributed by atoms with Gasteiger partial charge in [0.25, 0.3) is 10.0 Å². The van der Waals surface area contributed by atoms with Gasteiger partial charge in [0, 0.05) is 24.6 Å². The Morgan fingerprint density at radius 2 is 1.94 bits per heavy atom. The van der Waals surface area contributed by atoms with Crippen LogP contribution in [0.5, 0.6) is 11.5 Å². The van der Waals surface area contributed by atoms with Crippen molar-refractivity contribution in [3.8, 4) is 23.0 Å². The number of thiophene rings is 1. The van der Waals surface area contributed by atoms with Gasteiger partial charge in [-0.1, -0.05) is 11.2 Å². The number of carbonyl (C=O) groups excluding carboxylic acids is 1. The molecule has 5 rings (SSSR count). The molecule has 0 radical (unpaired) electrons. The summed E-state index contributed by atoms with van der Waals surface area (Å²) in [4.78, 5) is 12.6. The minimum atomic E-state index is -3.50. The molecular formula is C19H18N4O6S2. The van der Waals surface area contributed by atoms with Crippen molar-refractivity contribution in [1.82, 2.24) is 14.5 Å². The first-order chi connectivity index (χ1) is 15.0. The molecule has 2 aromatic heterocycles. The van der Waals surface area contributed by atoms with Crippen LogP contribution in [0.15, 0.2) is 44.3 Å². The number of nitrogens with one attached hydrogen (secondary N) is 1. The predicted molar refractivity (Wildman–Crippen MR) is 110 cm³/mol. The maximum absolute atomic E-state index is 12.6. The van der Waals surface area contributed by atoms with Crippen LogP contribution in [0, 0.1) is 5.92 Å². The quantitative estimate of drug-likeness (QED) is 0.614. The molecule has 3 aromatic rings. The molecule has 1 saturated heterocycles. The van der Waals surface area contributed by atoms with Crippen molar-refractivity contribution in [3.05, 3.63) is 35.7 Å². The second kappa shape index (κ2) is 7.94. The molecule has 0 saturated carbocycles. The topological polar surface area (TPSA) is 124 Å². The van der Waals surface area contributed by atoms with Gasteiger partial charge in [0.1, 0.15) is 4.21 Å². The third-order valence-electron chi connectivity index (χ3n) is 5.19. The maximum atomic E-state index is 12.6. The third kappa shape index (κ3) is 3.89. The van der Waals surface area contributed by atoms with E-state index in [1.54, 1.807) is 35.7 Å². The molecule has 10 nitrogen and oxygen atoms in total. The van der Waals surface area contributed by atoms with Crippen LogP contribution >= 0.6 is 11.3 Å². The number of anilines is 1. The lowest BCUT2D eigenvalue weighted by molar-refractivity contribution is -0.121. The molecule has 0 bridgehead atoms. The average Bonchev–Trinajstić information content (AvgIpc) is 3.54. The second-order valence-electron chi connectivity index (χ2n) is 7.08. The highest BCUT2D eigenvalue weighted by molar-refractivity contribution is 7.91. The summed E-state index contributed by atoms with van der Waals surface area (Å²) in [5, 5.41) is 12.2. The fourth-order valence-electron chi connectivity index (χ4n) is 3.52. The van der Waals surface area contributed by atoms with Gasteiger partial charge in [-0.2, -0.15) is 4.31 Å². The molecule has 0 spiro atoms. The highest BCUT2D eigenvalue weighted by Gasteiger charge is 2.33. The zero-order valence-corrected chi connectivity index (χ0v) is 17.8. The SMILES string of the molecule is O=C(Nc1nnc(-c2ccc3c(c2)OCO3)o1)C1CCN(S(=O)(=O)c2cccs2)CC1. The Hall–Kier alpha value is -2.96. The van der Waals surface area contributed by atoms with E-state index in [4.69, 9.17) is 13.9 Å². The van der Waals surface area contributed by atoms with Crippen LogP contribution in [0.3, 0.4) is 0 Å². The van der Waals surface area contributed by atoms with Crippen LogP contribution in [0.2, 0.25) is 0 Å². The Morgan fingerprint density at radius 1 is 1.13 bits per heavy atom. The lowest BCUT2D eigenvalue weighted by Crippen LogP contribution is -2.41. The minimum Gasteiger partial charge on any atom is -0.454 e. The molecule has 1 N–H and O–H groups in total. The van der Waals surface area contributed by atoms with E-state index < -0.39 is 10.0 Å². The number of aromatic nitrogens is 2. The van der Waals surface area contributed by atoms with Gasteiger partial charge >= 0.3 is 6.01 Å². The van der Waals surface area contributed by atoms with Gasteiger partial charge in [-0.15, -0.1) is 16.4 Å². The summed E-state index contributed by atoms with van der Waals surface area (Å²) in [6.07, 6.45) is 0.833. The second-order valence-corrected chi connectivity index (χ2v) is 10.2. The largest absolute Gasteiger partial charge is 0.454 e. The minimum absolute atomic E-state index is 0.00805. The summed E-state index contributed by atoms with van der Waals surface area (Å²) in [5.74, 6) is 0.866. The predicted octanol–water partition coefficient (Wildman–Crippen LogP) is 2.57. The van der Waals surface area contributed by atoms with Crippen molar-refractivity contribution in [2.45, 2.75) is 17.1 Å². The Balaban J connectivity index is 1.20. The summed E-state index contributed by atoms with van der Waals surface area (Å²) in [7, 11) is -3.50. The molecule has 12 heteroatoms. The monoisotopic (exact) mass is 462 g/mol. The van der Waals surface area contributed by atoms with E-state index >= 15 is 0 Å². The zero-order chi connectivity index (χ0) is 21.4. The summed E-state index contributed by atoms with van der Waals surface area (Å²) < 4.78 is 43.1. The smallest absolute Gasteiger partial charge is 0.322 e. The molecule has 0 atom stereocenters. The fraction of sp³-hybridized carbons (Fsp3) is 0.316. The highest BCUT2D eigenvalue weighted by Crippen LogP contribution is 2.36. The van der Waals surface area contributed by atoms with Crippen molar-refractivity contribution in [3.63, 3.8) is 0 Å². The molecule has 0 aliphatic carbocycles. The summed E-state index contributed by atoms with van der Waals surface area (Å²) >= 11 is 1.19. The molecule has 2 aliphatic heterocycles. The first-order valence-corrected chi connectivity index (χ1v) is 11.9. The summed E-state index contributed by atoms with van der Waals surface area (Å²) in [6.45, 7) is 0.729. The van der Waals surface area contributed by atoms with Gasteiger partial charge in [0.05, 0.1) is 0 Å². The average molecular weight is 463 g/mol. The first-order valence-electron chi connectivity index (χ1n) is 9.59. The number of ether oxygens (including phenoxy) is 2. The molecule has 31 heavy (non-hydrogen) atoms. The van der Waals surface area contributed by atoms with E-state index in [9.17, 15) is 13.2 Å². The van der Waals surface area contributed by atoms with E-state index in [1.807, 2.05) is 0 Å². The van der Waals surface area contributed by atoms with Crippen LogP contribution in [-0.4, -0.2) is 48.7 Å². The van der Waals surface area contributed by atoms with Crippen molar-refractivity contribution in [2.24, 2.45) is 5.92 Å². The number of benzene rings is 1. The van der Waals surface area contributed by atoms with Crippen LogP contribution < -0.4 is 14.8 Å². The Morgan fingerprint density at radius 3 is 2.71 bits per heavy atom. The molecule has 1 amide bonds. The molecule has 2 aliphatic rings. The van der Waals surface area contributed by atoms with E-state index in [0.29, 0.717) is 34.1 Å². The number of hydrogen-bond acceptors (Lipinski definition) is 9. The molecule has 0 unspecified atom stereocenters. The molecule has 1 aromatic carbocycles. The van der Waals surface area contributed by atoms with E-state index in [-0.39, 0.29) is 43.6 Å². The Kier molecular flexibility index (Phi) is 5.12. The standard InChI is InChI=1S/C19H18N4O6S2/c24-17(12-5-7-23(8-6-12)31(25,26)16-2-1-9-30-16)20-19-22-21-18(29-19)13-3-4-14-15(10-13)28-11-27-14/h1-4,9-10,12H,5-8,11H2,(H,20,22,24). The number of carbonyl (C=O) groups is 1. The lowest BCUT2D eigenvalue weighted by atomic mass is 9.97. The number of sulfonamides is 1. The van der Waals surface area contributed by atoms with Crippen LogP contribution in [-0.2, 0) is 14.8 Å². The van der Waals surface area contributed by atoms with Gasteiger partial charge in [-0.3, -0.25) is 10.1 Å². The van der Waals surface area contributed by atoms with Gasteiger partial charge in [-0.05, 0) is 42.5 Å². The van der Waals surface area contributed by atoms with Gasteiger partial charge in [-0.25, -0.2) is 8.42 Å². The van der Waals surface area contributed by atoms with Crippen LogP contribution in [0.4, 0.5) is 6.01 Å². The number of rotatable bonds is 5. The van der Waals surface area contributed by atoms with E-state index in [1.165, 1.54) is 15.6 Å². The normalized spacial score (nSPS) is 17.0. The fourth-order valence-corrected chi connectivity index (χ4v) is 6.14. The van der Waals surface area contributed by atoms with E-state index in [2.05, 4.69) is 15.5 Å². The number of piperidine rings is 1. The zero-order valence-electron chi connectivity index (χ0n) is 16.2. The van der Waals surface area contributed by atoms with Crippen molar-refractivity contribution >= 4 is 33.3 Å². The highest BCUT2D eigenvalue weighted by atomic mass is 32.2. The van der Waals surface area contributed by atoms with Crippen molar-refractivity contribution < 1.29 is 27.1 Å². The van der Waals surface area contributed by atoms with Crippen molar-refractivity contribution in [1.29, 1.82) is 0 Å². The summed E-state index contributed by atoms with van der Waals surface area (Å²) in [6, 6.07) is 8.53.